The second kappa shape index (κ2) is 5.08. The molecule has 0 amide bonds. The summed E-state index contributed by atoms with van der Waals surface area (Å²) in [6, 6.07) is 0. The highest BCUT2D eigenvalue weighted by Gasteiger charge is 2.32. The van der Waals surface area contributed by atoms with Gasteiger partial charge in [-0.05, 0) is 13.8 Å². The highest BCUT2D eigenvalue weighted by molar-refractivity contribution is 6.55. The van der Waals surface area contributed by atoms with Gasteiger partial charge in [0.05, 0.1) is 17.6 Å². The Balaban J connectivity index is 4.35. The van der Waals surface area contributed by atoms with Crippen LogP contribution in [0.1, 0.15) is 13.8 Å². The van der Waals surface area contributed by atoms with Gasteiger partial charge in [-0.2, -0.15) is 0 Å². The van der Waals surface area contributed by atoms with Crippen LogP contribution < -0.4 is 0 Å². The molecule has 0 aliphatic heterocycles. The highest BCUT2D eigenvalue weighted by Crippen LogP contribution is 2.31. The quantitative estimate of drug-likeness (QED) is 0.432. The summed E-state index contributed by atoms with van der Waals surface area (Å²) in [6.45, 7) is 6.86. The molecule has 0 aliphatic carbocycles. The summed E-state index contributed by atoms with van der Waals surface area (Å²) >= 11 is 16.8. The second-order valence-corrected chi connectivity index (χ2v) is 4.52. The zero-order chi connectivity index (χ0) is 10.6. The van der Waals surface area contributed by atoms with Gasteiger partial charge in [0.25, 0.3) is 0 Å². The molecular weight excluding hydrogens is 234 g/mol. The number of ether oxygens (including phenoxy) is 1. The molecule has 76 valence electrons. The van der Waals surface area contributed by atoms with E-state index in [0.29, 0.717) is 0 Å². The van der Waals surface area contributed by atoms with Crippen LogP contribution in [0.25, 0.3) is 0 Å². The number of esters is 1. The summed E-state index contributed by atoms with van der Waals surface area (Å²) in [5, 5.41) is 0. The number of halogens is 3. The maximum absolute atomic E-state index is 11.2. The van der Waals surface area contributed by atoms with E-state index in [4.69, 9.17) is 39.5 Å². The molecule has 0 heterocycles. The summed E-state index contributed by atoms with van der Waals surface area (Å²) in [7, 11) is 0. The summed E-state index contributed by atoms with van der Waals surface area (Å²) < 4.78 is 3.38. The number of alkyl halides is 3. The SMILES string of the molecule is C=C(C(=O)OC(C)C)C(Cl)(Cl)CCl. The van der Waals surface area contributed by atoms with E-state index in [-0.39, 0.29) is 17.6 Å². The van der Waals surface area contributed by atoms with E-state index < -0.39 is 10.3 Å². The van der Waals surface area contributed by atoms with Gasteiger partial charge in [0, 0.05) is 0 Å². The minimum absolute atomic E-state index is 0.0421. The molecule has 0 aliphatic rings. The fraction of sp³-hybridized carbons (Fsp3) is 0.625. The third kappa shape index (κ3) is 4.21. The van der Waals surface area contributed by atoms with Crippen LogP contribution in [0.15, 0.2) is 12.2 Å². The Labute approximate surface area is 92.8 Å². The van der Waals surface area contributed by atoms with E-state index in [9.17, 15) is 4.79 Å². The van der Waals surface area contributed by atoms with Gasteiger partial charge in [0.2, 0.25) is 0 Å². The molecule has 0 rings (SSSR count). The third-order valence-corrected chi connectivity index (χ3v) is 2.60. The first-order valence-electron chi connectivity index (χ1n) is 3.65. The van der Waals surface area contributed by atoms with Crippen molar-refractivity contribution >= 4 is 40.8 Å². The lowest BCUT2D eigenvalue weighted by atomic mass is 10.2. The molecule has 0 fully saturated rings. The highest BCUT2D eigenvalue weighted by atomic mass is 35.5. The molecule has 0 atom stereocenters. The fourth-order valence-corrected chi connectivity index (χ4v) is 0.831. The van der Waals surface area contributed by atoms with Gasteiger partial charge in [-0.15, -0.1) is 11.6 Å². The first-order valence-corrected chi connectivity index (χ1v) is 4.94. The topological polar surface area (TPSA) is 26.3 Å². The number of hydrogen-bond acceptors (Lipinski definition) is 2. The van der Waals surface area contributed by atoms with Crippen molar-refractivity contribution in [2.45, 2.75) is 24.3 Å². The van der Waals surface area contributed by atoms with E-state index in [1.807, 2.05) is 0 Å². The zero-order valence-corrected chi connectivity index (χ0v) is 9.71. The van der Waals surface area contributed by atoms with Crippen molar-refractivity contribution in [3.05, 3.63) is 12.2 Å². The summed E-state index contributed by atoms with van der Waals surface area (Å²) in [5.41, 5.74) is -0.0421. The average Bonchev–Trinajstić information content (AvgIpc) is 2.01. The van der Waals surface area contributed by atoms with Gasteiger partial charge >= 0.3 is 5.97 Å². The van der Waals surface area contributed by atoms with E-state index in [1.54, 1.807) is 13.8 Å². The Morgan fingerprint density at radius 1 is 1.54 bits per heavy atom. The van der Waals surface area contributed by atoms with Crippen molar-refractivity contribution in [3.8, 4) is 0 Å². The van der Waals surface area contributed by atoms with Crippen molar-refractivity contribution in [1.29, 1.82) is 0 Å². The second-order valence-electron chi connectivity index (χ2n) is 2.77. The Hall–Kier alpha value is 0.0800. The normalized spacial score (nSPS) is 11.5. The van der Waals surface area contributed by atoms with Gasteiger partial charge in [0.15, 0.2) is 4.33 Å². The van der Waals surface area contributed by atoms with E-state index in [0.717, 1.165) is 0 Å². The third-order valence-electron chi connectivity index (χ3n) is 1.20. The van der Waals surface area contributed by atoms with Gasteiger partial charge in [-0.25, -0.2) is 4.79 Å². The molecule has 0 bridgehead atoms. The minimum Gasteiger partial charge on any atom is -0.460 e. The number of carbonyl (C=O) groups is 1. The molecule has 0 aromatic heterocycles. The van der Waals surface area contributed by atoms with Crippen LogP contribution in [-0.2, 0) is 9.53 Å². The monoisotopic (exact) mass is 244 g/mol. The number of hydrogen-bond donors (Lipinski definition) is 0. The maximum atomic E-state index is 11.2. The molecule has 0 spiro atoms. The number of rotatable bonds is 4. The smallest absolute Gasteiger partial charge is 0.336 e. The largest absolute Gasteiger partial charge is 0.460 e. The van der Waals surface area contributed by atoms with E-state index in [1.165, 1.54) is 0 Å². The van der Waals surface area contributed by atoms with Crippen LogP contribution in [0.5, 0.6) is 0 Å². The van der Waals surface area contributed by atoms with E-state index >= 15 is 0 Å². The van der Waals surface area contributed by atoms with Gasteiger partial charge in [-0.3, -0.25) is 0 Å². The lowest BCUT2D eigenvalue weighted by molar-refractivity contribution is -0.142. The van der Waals surface area contributed by atoms with Crippen molar-refractivity contribution < 1.29 is 9.53 Å². The fourth-order valence-electron chi connectivity index (χ4n) is 0.515. The first kappa shape index (κ1) is 13.1. The van der Waals surface area contributed by atoms with Gasteiger partial charge < -0.3 is 4.74 Å². The predicted octanol–water partition coefficient (Wildman–Crippen LogP) is 2.91. The molecule has 5 heteroatoms. The minimum atomic E-state index is -1.45. The van der Waals surface area contributed by atoms with Crippen LogP contribution in [0.2, 0.25) is 0 Å². The maximum Gasteiger partial charge on any atom is 0.336 e. The number of carbonyl (C=O) groups excluding carboxylic acids is 1. The summed E-state index contributed by atoms with van der Waals surface area (Å²) in [6.07, 6.45) is -0.233. The van der Waals surface area contributed by atoms with E-state index in [2.05, 4.69) is 6.58 Å². The van der Waals surface area contributed by atoms with Crippen LogP contribution in [0, 0.1) is 0 Å². The Kier molecular flexibility index (Phi) is 5.11. The molecule has 0 saturated heterocycles. The van der Waals surface area contributed by atoms with Gasteiger partial charge in [0.1, 0.15) is 0 Å². The first-order chi connectivity index (χ1) is 5.81. The average molecular weight is 246 g/mol. The zero-order valence-electron chi connectivity index (χ0n) is 7.44. The molecular formula is C8H11Cl3O2. The lowest BCUT2D eigenvalue weighted by Crippen LogP contribution is -2.26. The Morgan fingerprint density at radius 3 is 2.31 bits per heavy atom. The molecule has 2 nitrogen and oxygen atoms in total. The summed E-state index contributed by atoms with van der Waals surface area (Å²) in [4.78, 5) is 11.2. The van der Waals surface area contributed by atoms with Crippen LogP contribution in [0.4, 0.5) is 0 Å². The molecule has 0 saturated carbocycles. The van der Waals surface area contributed by atoms with Crippen molar-refractivity contribution in [1.82, 2.24) is 0 Å². The van der Waals surface area contributed by atoms with Crippen molar-refractivity contribution in [2.24, 2.45) is 0 Å². The van der Waals surface area contributed by atoms with Crippen molar-refractivity contribution in [3.63, 3.8) is 0 Å². The molecule has 13 heavy (non-hydrogen) atoms. The van der Waals surface area contributed by atoms with Crippen LogP contribution >= 0.6 is 34.8 Å². The van der Waals surface area contributed by atoms with Gasteiger partial charge in [-0.1, -0.05) is 29.8 Å². The van der Waals surface area contributed by atoms with Crippen molar-refractivity contribution in [2.75, 3.05) is 5.88 Å². The molecule has 0 aromatic carbocycles. The molecule has 0 radical (unpaired) electrons. The standard InChI is InChI=1S/C8H11Cl3O2/c1-5(2)13-7(12)6(3)8(10,11)4-9/h5H,3-4H2,1-2H3. The molecule has 0 N–H and O–H groups in total. The molecule has 0 unspecified atom stereocenters. The Morgan fingerprint density at radius 2 is 2.00 bits per heavy atom. The van der Waals surface area contributed by atoms with Crippen LogP contribution in [-0.4, -0.2) is 22.3 Å². The Bertz CT molecular complexity index is 211. The van der Waals surface area contributed by atoms with Crippen LogP contribution in [0.3, 0.4) is 0 Å². The predicted molar refractivity (Wildman–Crippen MR) is 55.5 cm³/mol. The molecule has 0 aromatic rings. The lowest BCUT2D eigenvalue weighted by Gasteiger charge is -2.18. The summed E-state index contributed by atoms with van der Waals surface area (Å²) in [5.74, 6) is -0.733.